The Hall–Kier alpha value is -1.79. The number of hydrogen-bond acceptors (Lipinski definition) is 6. The van der Waals surface area contributed by atoms with Crippen molar-refractivity contribution >= 4 is 5.97 Å². The molecule has 0 saturated carbocycles. The van der Waals surface area contributed by atoms with Crippen molar-refractivity contribution in [3.8, 4) is 11.5 Å². The van der Waals surface area contributed by atoms with Crippen LogP contribution in [0.2, 0.25) is 0 Å². The first-order chi connectivity index (χ1) is 9.13. The molecular weight excluding hydrogens is 252 g/mol. The lowest BCUT2D eigenvalue weighted by molar-refractivity contribution is 0.0398. The fraction of sp³-hybridized carbons (Fsp3) is 0.462. The molecule has 1 aromatic rings. The molecule has 0 N–H and O–H groups in total. The third-order valence-electron chi connectivity index (χ3n) is 2.26. The zero-order valence-electron chi connectivity index (χ0n) is 11.5. The lowest BCUT2D eigenvalue weighted by Gasteiger charge is -2.15. The topological polar surface area (TPSA) is 63.2 Å². The Morgan fingerprint density at radius 3 is 1.84 bits per heavy atom. The van der Waals surface area contributed by atoms with E-state index in [9.17, 15) is 4.79 Å². The molecule has 0 bridgehead atoms. The van der Waals surface area contributed by atoms with Crippen LogP contribution in [0.15, 0.2) is 12.1 Å². The van der Waals surface area contributed by atoms with E-state index in [1.54, 1.807) is 12.1 Å². The van der Waals surface area contributed by atoms with Crippen molar-refractivity contribution in [2.45, 2.75) is 6.92 Å². The van der Waals surface area contributed by atoms with E-state index in [4.69, 9.17) is 23.7 Å². The van der Waals surface area contributed by atoms with E-state index in [2.05, 4.69) is 0 Å². The fourth-order valence-corrected chi connectivity index (χ4v) is 1.50. The second-order valence-corrected chi connectivity index (χ2v) is 3.73. The molecule has 0 aromatic heterocycles. The number of esters is 1. The highest BCUT2D eigenvalue weighted by Gasteiger charge is 2.20. The van der Waals surface area contributed by atoms with Gasteiger partial charge in [-0.15, -0.1) is 0 Å². The van der Waals surface area contributed by atoms with Crippen LogP contribution in [0.5, 0.6) is 11.5 Å². The van der Waals surface area contributed by atoms with Crippen LogP contribution in [0.4, 0.5) is 0 Å². The Morgan fingerprint density at radius 1 is 1.00 bits per heavy atom. The van der Waals surface area contributed by atoms with E-state index in [1.165, 1.54) is 21.3 Å². The van der Waals surface area contributed by atoms with Crippen molar-refractivity contribution in [1.82, 2.24) is 0 Å². The minimum Gasteiger partial charge on any atom is -0.467 e. The maximum atomic E-state index is 11.8. The summed E-state index contributed by atoms with van der Waals surface area (Å²) in [7, 11) is 4.29. The molecular formula is C13H18O6. The van der Waals surface area contributed by atoms with E-state index in [0.717, 1.165) is 5.56 Å². The summed E-state index contributed by atoms with van der Waals surface area (Å²) in [6, 6.07) is 3.43. The van der Waals surface area contributed by atoms with Crippen molar-refractivity contribution in [2.24, 2.45) is 0 Å². The second-order valence-electron chi connectivity index (χ2n) is 3.73. The highest BCUT2D eigenvalue weighted by Crippen LogP contribution is 2.31. The maximum absolute atomic E-state index is 11.8. The van der Waals surface area contributed by atoms with E-state index >= 15 is 0 Å². The third kappa shape index (κ3) is 4.11. The number of hydrogen-bond donors (Lipinski definition) is 0. The smallest absolute Gasteiger partial charge is 0.345 e. The summed E-state index contributed by atoms with van der Waals surface area (Å²) in [5, 5.41) is 0. The van der Waals surface area contributed by atoms with Crippen LogP contribution in [0.3, 0.4) is 0 Å². The van der Waals surface area contributed by atoms with Crippen LogP contribution >= 0.6 is 0 Å². The van der Waals surface area contributed by atoms with Crippen LogP contribution in [0.25, 0.3) is 0 Å². The fourth-order valence-electron chi connectivity index (χ4n) is 1.50. The molecule has 0 aliphatic rings. The number of carbonyl (C=O) groups is 1. The Bertz CT molecular complexity index is 400. The number of ether oxygens (including phenoxy) is 5. The van der Waals surface area contributed by atoms with E-state index in [0.29, 0.717) is 11.5 Å². The summed E-state index contributed by atoms with van der Waals surface area (Å²) >= 11 is 0. The van der Waals surface area contributed by atoms with Crippen molar-refractivity contribution in [1.29, 1.82) is 0 Å². The molecule has 6 nitrogen and oxygen atoms in total. The Morgan fingerprint density at radius 2 is 1.47 bits per heavy atom. The largest absolute Gasteiger partial charge is 0.467 e. The third-order valence-corrected chi connectivity index (χ3v) is 2.26. The summed E-state index contributed by atoms with van der Waals surface area (Å²) in [6.07, 6.45) is 0. The minimum atomic E-state index is -0.544. The van der Waals surface area contributed by atoms with Gasteiger partial charge in [-0.3, -0.25) is 0 Å². The summed E-state index contributed by atoms with van der Waals surface area (Å²) in [5.41, 5.74) is 1.09. The first kappa shape index (κ1) is 15.3. The van der Waals surface area contributed by atoms with Gasteiger partial charge in [-0.1, -0.05) is 0 Å². The second kappa shape index (κ2) is 7.60. The molecule has 0 aliphatic heterocycles. The van der Waals surface area contributed by atoms with Crippen LogP contribution in [-0.4, -0.2) is 40.9 Å². The zero-order valence-corrected chi connectivity index (χ0v) is 11.5. The lowest BCUT2D eigenvalue weighted by Crippen LogP contribution is -2.11. The Labute approximate surface area is 112 Å². The van der Waals surface area contributed by atoms with Crippen molar-refractivity contribution < 1.29 is 28.5 Å². The molecule has 0 atom stereocenters. The van der Waals surface area contributed by atoms with Gasteiger partial charge in [0, 0.05) is 14.2 Å². The Balaban J connectivity index is 3.18. The molecule has 19 heavy (non-hydrogen) atoms. The number of aryl methyl sites for hydroxylation is 1. The number of benzene rings is 1. The SMILES string of the molecule is COCOc1cc(C)cc(OCOC)c1C(=O)OC. The molecule has 0 heterocycles. The molecule has 106 valence electrons. The Kier molecular flexibility index (Phi) is 6.11. The molecule has 1 aromatic carbocycles. The normalized spacial score (nSPS) is 10.1. The van der Waals surface area contributed by atoms with E-state index in [-0.39, 0.29) is 19.1 Å². The number of methoxy groups -OCH3 is 3. The predicted molar refractivity (Wildman–Crippen MR) is 67.5 cm³/mol. The van der Waals surface area contributed by atoms with Gasteiger partial charge in [0.1, 0.15) is 17.1 Å². The number of carbonyl (C=O) groups excluding carboxylic acids is 1. The molecule has 0 radical (unpaired) electrons. The molecule has 0 spiro atoms. The van der Waals surface area contributed by atoms with Crippen LogP contribution in [0.1, 0.15) is 15.9 Å². The summed E-state index contributed by atoms with van der Waals surface area (Å²) in [4.78, 5) is 11.8. The van der Waals surface area contributed by atoms with Crippen molar-refractivity contribution in [2.75, 3.05) is 34.9 Å². The highest BCUT2D eigenvalue weighted by molar-refractivity contribution is 5.95. The van der Waals surface area contributed by atoms with E-state index in [1.807, 2.05) is 6.92 Å². The molecule has 0 saturated heterocycles. The minimum absolute atomic E-state index is 0.0250. The van der Waals surface area contributed by atoms with Crippen LogP contribution in [-0.2, 0) is 14.2 Å². The summed E-state index contributed by atoms with van der Waals surface area (Å²) in [6.45, 7) is 1.91. The lowest BCUT2D eigenvalue weighted by atomic mass is 10.1. The van der Waals surface area contributed by atoms with Gasteiger partial charge in [0.25, 0.3) is 0 Å². The monoisotopic (exact) mass is 270 g/mol. The van der Waals surface area contributed by atoms with Gasteiger partial charge in [0.15, 0.2) is 13.6 Å². The molecule has 0 unspecified atom stereocenters. The molecule has 0 amide bonds. The summed E-state index contributed by atoms with van der Waals surface area (Å²) in [5.74, 6) is 0.150. The predicted octanol–water partition coefficient (Wildman–Crippen LogP) is 1.75. The average molecular weight is 270 g/mol. The van der Waals surface area contributed by atoms with Gasteiger partial charge in [0.2, 0.25) is 0 Å². The van der Waals surface area contributed by atoms with E-state index < -0.39 is 5.97 Å². The molecule has 0 aliphatic carbocycles. The highest BCUT2D eigenvalue weighted by atomic mass is 16.7. The zero-order chi connectivity index (χ0) is 14.3. The van der Waals surface area contributed by atoms with Gasteiger partial charge >= 0.3 is 5.97 Å². The quantitative estimate of drug-likeness (QED) is 0.555. The first-order valence-corrected chi connectivity index (χ1v) is 5.60. The standard InChI is InChI=1S/C13H18O6/c1-9-5-10(18-7-15-2)12(13(14)17-4)11(6-9)19-8-16-3/h5-6H,7-8H2,1-4H3. The van der Waals surface area contributed by atoms with Gasteiger partial charge in [-0.2, -0.15) is 0 Å². The average Bonchev–Trinajstić information content (AvgIpc) is 2.41. The van der Waals surface area contributed by atoms with Crippen molar-refractivity contribution in [3.05, 3.63) is 23.3 Å². The van der Waals surface area contributed by atoms with Crippen molar-refractivity contribution in [3.63, 3.8) is 0 Å². The van der Waals surface area contributed by atoms with Gasteiger partial charge in [-0.25, -0.2) is 4.79 Å². The molecule has 0 fully saturated rings. The van der Waals surface area contributed by atoms with Gasteiger partial charge in [-0.05, 0) is 24.6 Å². The summed E-state index contributed by atoms with van der Waals surface area (Å²) < 4.78 is 25.1. The first-order valence-electron chi connectivity index (χ1n) is 5.60. The molecule has 1 rings (SSSR count). The number of rotatable bonds is 7. The van der Waals surface area contributed by atoms with Crippen LogP contribution < -0.4 is 9.47 Å². The van der Waals surface area contributed by atoms with Gasteiger partial charge in [0.05, 0.1) is 7.11 Å². The van der Waals surface area contributed by atoms with Crippen LogP contribution in [0, 0.1) is 6.92 Å². The maximum Gasteiger partial charge on any atom is 0.345 e. The molecule has 6 heteroatoms. The van der Waals surface area contributed by atoms with Gasteiger partial charge < -0.3 is 23.7 Å².